The zero-order valence-corrected chi connectivity index (χ0v) is 15.4. The Kier molecular flexibility index (Phi) is 5.99. The van der Waals surface area contributed by atoms with Gasteiger partial charge in [-0.3, -0.25) is 4.79 Å². The van der Waals surface area contributed by atoms with Crippen molar-refractivity contribution in [1.29, 1.82) is 0 Å². The van der Waals surface area contributed by atoms with Crippen LogP contribution in [0.25, 0.3) is 0 Å². The molecular weight excluding hydrogens is 340 g/mol. The number of rotatable bonds is 7. The highest BCUT2D eigenvalue weighted by Gasteiger charge is 2.08. The van der Waals surface area contributed by atoms with Crippen LogP contribution in [0.2, 0.25) is 0 Å². The minimum Gasteiger partial charge on any atom is -0.497 e. The molecule has 0 saturated heterocycles. The minimum absolute atomic E-state index is 0.261. The fraction of sp³-hybridized carbons (Fsp3) is 0.190. The van der Waals surface area contributed by atoms with Gasteiger partial charge in [-0.15, -0.1) is 0 Å². The molecule has 0 fully saturated rings. The van der Waals surface area contributed by atoms with Gasteiger partial charge in [-0.25, -0.2) is 9.97 Å². The van der Waals surface area contributed by atoms with Gasteiger partial charge >= 0.3 is 0 Å². The molecule has 3 aromatic rings. The molecule has 1 aromatic heterocycles. The molecule has 0 unspecified atom stereocenters. The van der Waals surface area contributed by atoms with E-state index in [2.05, 4.69) is 45.7 Å². The van der Waals surface area contributed by atoms with E-state index in [1.54, 1.807) is 13.3 Å². The van der Waals surface area contributed by atoms with Gasteiger partial charge < -0.3 is 15.4 Å². The molecule has 0 atom stereocenters. The molecule has 2 aromatic carbocycles. The summed E-state index contributed by atoms with van der Waals surface area (Å²) in [6.45, 7) is 3.12. The molecule has 0 bridgehead atoms. The number of ether oxygens (including phenoxy) is 1. The maximum Gasteiger partial charge on any atom is 0.271 e. The van der Waals surface area contributed by atoms with Gasteiger partial charge in [-0.05, 0) is 30.2 Å². The lowest BCUT2D eigenvalue weighted by molar-refractivity contribution is 0.0945. The Morgan fingerprint density at radius 1 is 1.00 bits per heavy atom. The fourth-order valence-electron chi connectivity index (χ4n) is 2.57. The molecule has 138 valence electrons. The van der Waals surface area contributed by atoms with Gasteiger partial charge in [0, 0.05) is 13.1 Å². The molecule has 0 aliphatic heterocycles. The van der Waals surface area contributed by atoms with Crippen LogP contribution in [-0.4, -0.2) is 23.0 Å². The lowest BCUT2D eigenvalue weighted by atomic mass is 10.1. The van der Waals surface area contributed by atoms with Crippen LogP contribution >= 0.6 is 0 Å². The maximum absolute atomic E-state index is 12.2. The molecule has 0 aliphatic carbocycles. The Morgan fingerprint density at radius 3 is 2.48 bits per heavy atom. The lowest BCUT2D eigenvalue weighted by Gasteiger charge is -2.08. The second-order valence-electron chi connectivity index (χ2n) is 6.16. The molecule has 2 N–H and O–H groups in total. The normalized spacial score (nSPS) is 10.3. The third-order valence-corrected chi connectivity index (χ3v) is 4.05. The SMILES string of the molecule is COc1ccc(CNC(=O)c2cnc(NCc3cccc(C)c3)cn2)cc1. The largest absolute Gasteiger partial charge is 0.497 e. The van der Waals surface area contributed by atoms with Crippen molar-refractivity contribution in [3.05, 3.63) is 83.3 Å². The molecule has 1 heterocycles. The first-order chi connectivity index (χ1) is 13.1. The Hall–Kier alpha value is -3.41. The summed E-state index contributed by atoms with van der Waals surface area (Å²) in [6.07, 6.45) is 3.04. The number of carbonyl (C=O) groups excluding carboxylic acids is 1. The van der Waals surface area contributed by atoms with Crippen molar-refractivity contribution in [2.24, 2.45) is 0 Å². The second kappa shape index (κ2) is 8.80. The van der Waals surface area contributed by atoms with E-state index >= 15 is 0 Å². The van der Waals surface area contributed by atoms with E-state index in [4.69, 9.17) is 4.74 Å². The summed E-state index contributed by atoms with van der Waals surface area (Å²) in [5.41, 5.74) is 3.64. The Morgan fingerprint density at radius 2 is 1.81 bits per heavy atom. The van der Waals surface area contributed by atoms with Crippen LogP contribution in [0.4, 0.5) is 5.82 Å². The predicted molar refractivity (Wildman–Crippen MR) is 105 cm³/mol. The van der Waals surface area contributed by atoms with E-state index in [0.29, 0.717) is 18.9 Å². The number of nitrogens with zero attached hydrogens (tertiary/aromatic N) is 2. The summed E-state index contributed by atoms with van der Waals surface area (Å²) in [5.74, 6) is 1.15. The molecule has 6 heteroatoms. The van der Waals surface area contributed by atoms with Gasteiger partial charge in [0.25, 0.3) is 5.91 Å². The van der Waals surface area contributed by atoms with Gasteiger partial charge in [0.1, 0.15) is 17.3 Å². The maximum atomic E-state index is 12.2. The third kappa shape index (κ3) is 5.28. The topological polar surface area (TPSA) is 76.1 Å². The summed E-state index contributed by atoms with van der Waals surface area (Å²) >= 11 is 0. The molecule has 0 saturated carbocycles. The molecule has 3 rings (SSSR count). The first kappa shape index (κ1) is 18.4. The zero-order chi connectivity index (χ0) is 19.1. The Bertz CT molecular complexity index is 893. The molecule has 0 radical (unpaired) electrons. The van der Waals surface area contributed by atoms with Crippen LogP contribution < -0.4 is 15.4 Å². The van der Waals surface area contributed by atoms with Crippen molar-refractivity contribution in [2.45, 2.75) is 20.0 Å². The van der Waals surface area contributed by atoms with Crippen molar-refractivity contribution >= 4 is 11.7 Å². The van der Waals surface area contributed by atoms with E-state index in [1.807, 2.05) is 30.3 Å². The van der Waals surface area contributed by atoms with Crippen molar-refractivity contribution in [3.63, 3.8) is 0 Å². The molecule has 6 nitrogen and oxygen atoms in total. The molecule has 0 aliphatic rings. The number of methoxy groups -OCH3 is 1. The highest BCUT2D eigenvalue weighted by Crippen LogP contribution is 2.11. The van der Waals surface area contributed by atoms with Crippen molar-refractivity contribution in [3.8, 4) is 5.75 Å². The third-order valence-electron chi connectivity index (χ3n) is 4.05. The smallest absolute Gasteiger partial charge is 0.271 e. The number of aromatic nitrogens is 2. The quantitative estimate of drug-likeness (QED) is 0.674. The van der Waals surface area contributed by atoms with E-state index < -0.39 is 0 Å². The van der Waals surface area contributed by atoms with Crippen molar-refractivity contribution < 1.29 is 9.53 Å². The van der Waals surface area contributed by atoms with Crippen LogP contribution in [0.1, 0.15) is 27.2 Å². The summed E-state index contributed by atoms with van der Waals surface area (Å²) in [7, 11) is 1.62. The van der Waals surface area contributed by atoms with Crippen LogP contribution in [-0.2, 0) is 13.1 Å². The number of nitrogens with one attached hydrogen (secondary N) is 2. The Balaban J connectivity index is 1.52. The van der Waals surface area contributed by atoms with E-state index in [-0.39, 0.29) is 11.6 Å². The first-order valence-electron chi connectivity index (χ1n) is 8.66. The number of hydrogen-bond donors (Lipinski definition) is 2. The summed E-state index contributed by atoms with van der Waals surface area (Å²) in [6, 6.07) is 15.8. The second-order valence-corrected chi connectivity index (χ2v) is 6.16. The van der Waals surface area contributed by atoms with Crippen LogP contribution in [0, 0.1) is 6.92 Å². The molecule has 1 amide bonds. The molecule has 0 spiro atoms. The zero-order valence-electron chi connectivity index (χ0n) is 15.4. The van der Waals surface area contributed by atoms with E-state index in [0.717, 1.165) is 16.9 Å². The predicted octanol–water partition coefficient (Wildman–Crippen LogP) is 3.34. The molecule has 27 heavy (non-hydrogen) atoms. The van der Waals surface area contributed by atoms with E-state index in [9.17, 15) is 4.79 Å². The lowest BCUT2D eigenvalue weighted by Crippen LogP contribution is -2.24. The average Bonchev–Trinajstić information content (AvgIpc) is 2.71. The fourth-order valence-corrected chi connectivity index (χ4v) is 2.57. The molecular formula is C21H22N4O2. The standard InChI is InChI=1S/C21H22N4O2/c1-15-4-3-5-17(10-15)12-23-20-14-22-19(13-24-20)21(26)25-11-16-6-8-18(27-2)9-7-16/h3-10,13-14H,11-12H2,1-2H3,(H,23,24)(H,25,26). The van der Waals surface area contributed by atoms with E-state index in [1.165, 1.54) is 11.8 Å². The average molecular weight is 362 g/mol. The Labute approximate surface area is 158 Å². The minimum atomic E-state index is -0.261. The number of anilines is 1. The van der Waals surface area contributed by atoms with Crippen LogP contribution in [0.5, 0.6) is 5.75 Å². The van der Waals surface area contributed by atoms with Gasteiger partial charge in [-0.1, -0.05) is 42.0 Å². The monoisotopic (exact) mass is 362 g/mol. The van der Waals surface area contributed by atoms with Crippen molar-refractivity contribution in [1.82, 2.24) is 15.3 Å². The van der Waals surface area contributed by atoms with Crippen molar-refractivity contribution in [2.75, 3.05) is 12.4 Å². The summed E-state index contributed by atoms with van der Waals surface area (Å²) < 4.78 is 5.12. The van der Waals surface area contributed by atoms with Gasteiger partial charge in [0.15, 0.2) is 0 Å². The number of benzene rings is 2. The van der Waals surface area contributed by atoms with Gasteiger partial charge in [-0.2, -0.15) is 0 Å². The number of aryl methyl sites for hydroxylation is 1. The summed E-state index contributed by atoms with van der Waals surface area (Å²) in [4.78, 5) is 20.7. The first-order valence-corrected chi connectivity index (χ1v) is 8.66. The van der Waals surface area contributed by atoms with Gasteiger partial charge in [0.05, 0.1) is 19.5 Å². The van der Waals surface area contributed by atoms with Gasteiger partial charge in [0.2, 0.25) is 0 Å². The van der Waals surface area contributed by atoms with Crippen LogP contribution in [0.3, 0.4) is 0 Å². The number of carbonyl (C=O) groups is 1. The number of amides is 1. The highest BCUT2D eigenvalue weighted by molar-refractivity contribution is 5.91. The highest BCUT2D eigenvalue weighted by atomic mass is 16.5. The summed E-state index contributed by atoms with van der Waals surface area (Å²) in [5, 5.41) is 6.04. The van der Waals surface area contributed by atoms with Crippen LogP contribution in [0.15, 0.2) is 60.9 Å². The number of hydrogen-bond acceptors (Lipinski definition) is 5.